The summed E-state index contributed by atoms with van der Waals surface area (Å²) in [5.74, 6) is -0.421. The van der Waals surface area contributed by atoms with Crippen LogP contribution in [-0.4, -0.2) is 42.9 Å². The van der Waals surface area contributed by atoms with Gasteiger partial charge in [0.15, 0.2) is 10.8 Å². The molecule has 1 unspecified atom stereocenters. The number of hydrogen-bond acceptors (Lipinski definition) is 5. The molecule has 1 atom stereocenters. The smallest absolute Gasteiger partial charge is 0.355 e. The third-order valence-electron chi connectivity index (χ3n) is 2.95. The van der Waals surface area contributed by atoms with Crippen molar-refractivity contribution >= 4 is 22.4 Å². The van der Waals surface area contributed by atoms with E-state index < -0.39 is 5.97 Å². The van der Waals surface area contributed by atoms with Crippen LogP contribution in [0, 0.1) is 12.8 Å². The lowest BCUT2D eigenvalue weighted by molar-refractivity contribution is 0.0690. The number of methoxy groups -OCH3 is 1. The van der Waals surface area contributed by atoms with Crippen LogP contribution in [0.15, 0.2) is 0 Å². The molecule has 1 aliphatic heterocycles. The minimum atomic E-state index is -0.947. The summed E-state index contributed by atoms with van der Waals surface area (Å²) in [5.41, 5.74) is 0.181. The summed E-state index contributed by atoms with van der Waals surface area (Å²) in [5, 5.41) is 9.78. The van der Waals surface area contributed by atoms with Crippen LogP contribution in [0.5, 0.6) is 0 Å². The lowest BCUT2D eigenvalue weighted by Crippen LogP contribution is -2.20. The van der Waals surface area contributed by atoms with Crippen LogP contribution in [0.1, 0.15) is 21.8 Å². The predicted octanol–water partition coefficient (Wildman–Crippen LogP) is 1.62. The van der Waals surface area contributed by atoms with Gasteiger partial charge in [-0.2, -0.15) is 0 Å². The Bertz CT molecular complexity index is 419. The standard InChI is InChI=1S/C11H16N2O3S/c1-7-9(10(14)15)12-11(17-7)13-4-3-8(5-13)6-16-2/h8H,3-6H2,1-2H3,(H,14,15). The van der Waals surface area contributed by atoms with E-state index in [-0.39, 0.29) is 5.69 Å². The molecule has 1 aliphatic rings. The maximum atomic E-state index is 10.9. The van der Waals surface area contributed by atoms with Crippen molar-refractivity contribution in [1.29, 1.82) is 0 Å². The number of hydrogen-bond donors (Lipinski definition) is 1. The van der Waals surface area contributed by atoms with Crippen molar-refractivity contribution in [2.45, 2.75) is 13.3 Å². The number of carboxylic acids is 1. The maximum Gasteiger partial charge on any atom is 0.355 e. The molecule has 0 amide bonds. The van der Waals surface area contributed by atoms with Crippen LogP contribution in [0.2, 0.25) is 0 Å². The Morgan fingerprint density at radius 3 is 3.06 bits per heavy atom. The Kier molecular flexibility index (Phi) is 3.63. The van der Waals surface area contributed by atoms with Crippen molar-refractivity contribution in [3.63, 3.8) is 0 Å². The molecule has 0 saturated carbocycles. The van der Waals surface area contributed by atoms with Crippen LogP contribution in [0.3, 0.4) is 0 Å². The van der Waals surface area contributed by atoms with Crippen molar-refractivity contribution in [2.24, 2.45) is 5.92 Å². The first kappa shape index (κ1) is 12.3. The van der Waals surface area contributed by atoms with Gasteiger partial charge in [-0.1, -0.05) is 0 Å². The number of anilines is 1. The van der Waals surface area contributed by atoms with E-state index in [2.05, 4.69) is 9.88 Å². The zero-order chi connectivity index (χ0) is 12.4. The Morgan fingerprint density at radius 1 is 1.71 bits per heavy atom. The molecule has 1 aromatic heterocycles. The molecular weight excluding hydrogens is 240 g/mol. The third kappa shape index (κ3) is 2.58. The normalized spacial score (nSPS) is 19.9. The van der Waals surface area contributed by atoms with E-state index in [4.69, 9.17) is 9.84 Å². The molecule has 0 radical (unpaired) electrons. The maximum absolute atomic E-state index is 10.9. The second-order valence-corrected chi connectivity index (χ2v) is 5.44. The Labute approximate surface area is 104 Å². The van der Waals surface area contributed by atoms with Gasteiger partial charge in [0.25, 0.3) is 0 Å². The van der Waals surface area contributed by atoms with E-state index in [1.54, 1.807) is 14.0 Å². The number of aryl methyl sites for hydroxylation is 1. The summed E-state index contributed by atoms with van der Waals surface area (Å²) in [7, 11) is 1.71. The third-order valence-corrected chi connectivity index (χ3v) is 3.98. The molecule has 1 saturated heterocycles. The Hall–Kier alpha value is -1.14. The first-order valence-corrected chi connectivity index (χ1v) is 6.38. The molecule has 5 nitrogen and oxygen atoms in total. The summed E-state index contributed by atoms with van der Waals surface area (Å²) in [4.78, 5) is 18.0. The van der Waals surface area contributed by atoms with Crippen molar-refractivity contribution < 1.29 is 14.6 Å². The summed E-state index contributed by atoms with van der Waals surface area (Å²) < 4.78 is 5.14. The van der Waals surface area contributed by atoms with E-state index in [0.29, 0.717) is 5.92 Å². The number of nitrogens with zero attached hydrogens (tertiary/aromatic N) is 2. The molecule has 94 valence electrons. The molecule has 2 heterocycles. The van der Waals surface area contributed by atoms with Gasteiger partial charge in [0.05, 0.1) is 6.61 Å². The summed E-state index contributed by atoms with van der Waals surface area (Å²) in [6, 6.07) is 0. The van der Waals surface area contributed by atoms with Gasteiger partial charge in [0.1, 0.15) is 0 Å². The molecule has 0 aromatic carbocycles. The monoisotopic (exact) mass is 256 g/mol. The van der Waals surface area contributed by atoms with Gasteiger partial charge >= 0.3 is 5.97 Å². The minimum Gasteiger partial charge on any atom is -0.476 e. The fourth-order valence-corrected chi connectivity index (χ4v) is 3.03. The fraction of sp³-hybridized carbons (Fsp3) is 0.636. The van der Waals surface area contributed by atoms with Gasteiger partial charge < -0.3 is 14.7 Å². The number of ether oxygens (including phenoxy) is 1. The lowest BCUT2D eigenvalue weighted by Gasteiger charge is -2.14. The van der Waals surface area contributed by atoms with Gasteiger partial charge in [-0.25, -0.2) is 9.78 Å². The molecule has 0 spiro atoms. The largest absolute Gasteiger partial charge is 0.476 e. The van der Waals surface area contributed by atoms with Crippen molar-refractivity contribution in [3.05, 3.63) is 10.6 Å². The van der Waals surface area contributed by atoms with Crippen molar-refractivity contribution in [2.75, 3.05) is 31.7 Å². The van der Waals surface area contributed by atoms with Gasteiger partial charge in [0, 0.05) is 31.0 Å². The van der Waals surface area contributed by atoms with Crippen molar-refractivity contribution in [3.8, 4) is 0 Å². The summed E-state index contributed by atoms with van der Waals surface area (Å²) in [6.07, 6.45) is 1.08. The molecule has 2 rings (SSSR count). The van der Waals surface area contributed by atoms with Crippen molar-refractivity contribution in [1.82, 2.24) is 4.98 Å². The number of aromatic carboxylic acids is 1. The quantitative estimate of drug-likeness (QED) is 0.887. The first-order chi connectivity index (χ1) is 8.11. The van der Waals surface area contributed by atoms with E-state index >= 15 is 0 Å². The molecule has 17 heavy (non-hydrogen) atoms. The fourth-order valence-electron chi connectivity index (χ4n) is 2.09. The van der Waals surface area contributed by atoms with Crippen LogP contribution in [0.25, 0.3) is 0 Å². The zero-order valence-electron chi connectivity index (χ0n) is 9.97. The van der Waals surface area contributed by atoms with Gasteiger partial charge in [-0.05, 0) is 13.3 Å². The Balaban J connectivity index is 2.09. The number of thiazole rings is 1. The van der Waals surface area contributed by atoms with E-state index in [9.17, 15) is 4.79 Å². The van der Waals surface area contributed by atoms with E-state index in [1.165, 1.54) is 11.3 Å². The number of carboxylic acid groups (broad SMARTS) is 1. The van der Waals surface area contributed by atoms with E-state index in [1.807, 2.05) is 0 Å². The summed E-state index contributed by atoms with van der Waals surface area (Å²) in [6.45, 7) is 4.39. The molecule has 1 aromatic rings. The lowest BCUT2D eigenvalue weighted by atomic mass is 10.1. The van der Waals surface area contributed by atoms with Crippen LogP contribution >= 0.6 is 11.3 Å². The highest BCUT2D eigenvalue weighted by Gasteiger charge is 2.26. The highest BCUT2D eigenvalue weighted by Crippen LogP contribution is 2.30. The average molecular weight is 256 g/mol. The Morgan fingerprint density at radius 2 is 2.47 bits per heavy atom. The van der Waals surface area contributed by atoms with E-state index in [0.717, 1.165) is 36.1 Å². The highest BCUT2D eigenvalue weighted by molar-refractivity contribution is 7.15. The predicted molar refractivity (Wildman–Crippen MR) is 66.0 cm³/mol. The number of carbonyl (C=O) groups is 1. The van der Waals surface area contributed by atoms with Gasteiger partial charge in [0.2, 0.25) is 0 Å². The van der Waals surface area contributed by atoms with Crippen LogP contribution in [-0.2, 0) is 4.74 Å². The number of aromatic nitrogens is 1. The second-order valence-electron chi connectivity index (χ2n) is 4.26. The zero-order valence-corrected chi connectivity index (χ0v) is 10.8. The molecule has 0 aliphatic carbocycles. The molecule has 6 heteroatoms. The van der Waals surface area contributed by atoms with Crippen LogP contribution in [0.4, 0.5) is 5.13 Å². The molecule has 1 fully saturated rings. The second kappa shape index (κ2) is 5.01. The topological polar surface area (TPSA) is 62.7 Å². The molecule has 1 N–H and O–H groups in total. The van der Waals surface area contributed by atoms with Gasteiger partial charge in [-0.15, -0.1) is 11.3 Å². The number of rotatable bonds is 4. The van der Waals surface area contributed by atoms with Gasteiger partial charge in [-0.3, -0.25) is 0 Å². The molecule has 0 bridgehead atoms. The minimum absolute atomic E-state index is 0.181. The SMILES string of the molecule is COCC1CCN(c2nc(C(=O)O)c(C)s2)C1. The molecular formula is C11H16N2O3S. The van der Waals surface area contributed by atoms with Crippen LogP contribution < -0.4 is 4.90 Å². The highest BCUT2D eigenvalue weighted by atomic mass is 32.1. The first-order valence-electron chi connectivity index (χ1n) is 5.56. The summed E-state index contributed by atoms with van der Waals surface area (Å²) >= 11 is 1.45. The average Bonchev–Trinajstić information content (AvgIpc) is 2.85.